The predicted octanol–water partition coefficient (Wildman–Crippen LogP) is 6.52. The molecule has 6 heteroatoms. The van der Waals surface area contributed by atoms with Crippen molar-refractivity contribution in [3.8, 4) is 34.3 Å². The number of aromatic nitrogens is 4. The first-order chi connectivity index (χ1) is 15.8. The smallest absolute Gasteiger partial charge is 0.213 e. The van der Waals surface area contributed by atoms with Gasteiger partial charge >= 0.3 is 0 Å². The fraction of sp³-hybridized carbons (Fsp3) is 0.462. The van der Waals surface area contributed by atoms with E-state index in [0.717, 1.165) is 35.4 Å². The quantitative estimate of drug-likeness (QED) is 0.269. The molecular formula is C26H34N4O2. The molecule has 0 aromatic carbocycles. The largest absolute Gasteiger partial charge is 0.478 e. The molecule has 32 heavy (non-hydrogen) atoms. The van der Waals surface area contributed by atoms with E-state index in [1.54, 1.807) is 12.4 Å². The van der Waals surface area contributed by atoms with Crippen LogP contribution < -0.4 is 9.47 Å². The summed E-state index contributed by atoms with van der Waals surface area (Å²) in [6.45, 7) is 5.82. The van der Waals surface area contributed by atoms with Crippen molar-refractivity contribution in [1.82, 2.24) is 20.2 Å². The first-order valence-corrected chi connectivity index (χ1v) is 11.8. The van der Waals surface area contributed by atoms with Crippen LogP contribution in [0.15, 0.2) is 48.8 Å². The van der Waals surface area contributed by atoms with E-state index in [9.17, 15) is 0 Å². The van der Waals surface area contributed by atoms with Crippen LogP contribution in [0.3, 0.4) is 0 Å². The highest BCUT2D eigenvalue weighted by Gasteiger charge is 2.06. The summed E-state index contributed by atoms with van der Waals surface area (Å²) in [4.78, 5) is 8.78. The topological polar surface area (TPSA) is 70.0 Å². The highest BCUT2D eigenvalue weighted by Crippen LogP contribution is 2.22. The van der Waals surface area contributed by atoms with Gasteiger partial charge in [-0.05, 0) is 37.1 Å². The van der Waals surface area contributed by atoms with E-state index in [4.69, 9.17) is 9.47 Å². The van der Waals surface area contributed by atoms with Crippen molar-refractivity contribution in [2.75, 3.05) is 13.2 Å². The van der Waals surface area contributed by atoms with Gasteiger partial charge in [0.05, 0.1) is 24.6 Å². The Morgan fingerprint density at radius 2 is 1.03 bits per heavy atom. The Hall–Kier alpha value is -3.02. The first-order valence-electron chi connectivity index (χ1n) is 11.8. The van der Waals surface area contributed by atoms with E-state index in [0.29, 0.717) is 25.0 Å². The molecule has 0 aliphatic rings. The van der Waals surface area contributed by atoms with E-state index in [-0.39, 0.29) is 0 Å². The zero-order valence-corrected chi connectivity index (χ0v) is 19.3. The van der Waals surface area contributed by atoms with Crippen molar-refractivity contribution in [1.29, 1.82) is 0 Å². The predicted molar refractivity (Wildman–Crippen MR) is 128 cm³/mol. The molecule has 0 amide bonds. The van der Waals surface area contributed by atoms with E-state index >= 15 is 0 Å². The van der Waals surface area contributed by atoms with Gasteiger partial charge < -0.3 is 9.47 Å². The lowest BCUT2D eigenvalue weighted by Crippen LogP contribution is -1.99. The Labute approximate surface area is 191 Å². The lowest BCUT2D eigenvalue weighted by molar-refractivity contribution is 0.294. The number of pyridine rings is 2. The third kappa shape index (κ3) is 7.59. The van der Waals surface area contributed by atoms with Crippen LogP contribution in [0.1, 0.15) is 65.2 Å². The van der Waals surface area contributed by atoms with Crippen LogP contribution in [0, 0.1) is 0 Å². The van der Waals surface area contributed by atoms with Gasteiger partial charge in [0, 0.05) is 35.7 Å². The molecule has 0 bridgehead atoms. The van der Waals surface area contributed by atoms with Crippen molar-refractivity contribution in [3.63, 3.8) is 0 Å². The Morgan fingerprint density at radius 1 is 0.562 bits per heavy atom. The summed E-state index contributed by atoms with van der Waals surface area (Å²) in [5, 5.41) is 8.72. The maximum absolute atomic E-state index is 5.71. The zero-order valence-electron chi connectivity index (χ0n) is 19.3. The molecule has 0 N–H and O–H groups in total. The average Bonchev–Trinajstić information content (AvgIpc) is 2.85. The fourth-order valence-corrected chi connectivity index (χ4v) is 3.29. The van der Waals surface area contributed by atoms with Crippen molar-refractivity contribution in [3.05, 3.63) is 48.8 Å². The van der Waals surface area contributed by atoms with Crippen LogP contribution in [-0.2, 0) is 0 Å². The lowest BCUT2D eigenvalue weighted by Gasteiger charge is -2.07. The highest BCUT2D eigenvalue weighted by atomic mass is 16.5. The van der Waals surface area contributed by atoms with Crippen LogP contribution in [0.25, 0.3) is 22.5 Å². The molecule has 0 saturated heterocycles. The second kappa shape index (κ2) is 13.4. The number of rotatable bonds is 14. The summed E-state index contributed by atoms with van der Waals surface area (Å²) in [6.07, 6.45) is 13.0. The van der Waals surface area contributed by atoms with Crippen molar-refractivity contribution >= 4 is 0 Å². The minimum Gasteiger partial charge on any atom is -0.478 e. The van der Waals surface area contributed by atoms with Gasteiger partial charge in [-0.25, -0.2) is 9.97 Å². The summed E-state index contributed by atoms with van der Waals surface area (Å²) in [7, 11) is 0. The van der Waals surface area contributed by atoms with E-state index in [1.807, 2.05) is 36.4 Å². The monoisotopic (exact) mass is 434 g/mol. The van der Waals surface area contributed by atoms with Crippen LogP contribution in [0.4, 0.5) is 0 Å². The van der Waals surface area contributed by atoms with E-state index in [1.165, 1.54) is 38.5 Å². The molecule has 3 aromatic heterocycles. The number of hydrogen-bond acceptors (Lipinski definition) is 6. The molecule has 0 unspecified atom stereocenters. The first kappa shape index (κ1) is 23.6. The molecule has 0 radical (unpaired) electrons. The summed E-state index contributed by atoms with van der Waals surface area (Å²) in [5.41, 5.74) is 3.37. The maximum atomic E-state index is 5.71. The van der Waals surface area contributed by atoms with Crippen molar-refractivity contribution < 1.29 is 9.47 Å². The van der Waals surface area contributed by atoms with E-state index in [2.05, 4.69) is 34.0 Å². The zero-order chi connectivity index (χ0) is 22.4. The fourth-order valence-electron chi connectivity index (χ4n) is 3.29. The summed E-state index contributed by atoms with van der Waals surface area (Å²) in [5.74, 6) is 1.29. The molecule has 3 rings (SSSR count). The molecule has 0 aliphatic heterocycles. The standard InChI is InChI=1S/C26H34N4O2/c1-3-5-7-9-17-31-25-15-11-21(19-27-25)23-13-14-24(30-29-23)22-12-16-26(28-20-22)32-18-10-8-6-4-2/h11-16,19-20H,3-10,17-18H2,1-2H3. The molecule has 0 atom stereocenters. The van der Waals surface area contributed by atoms with Gasteiger partial charge in [-0.1, -0.05) is 52.4 Å². The Kier molecular flexibility index (Phi) is 9.90. The molecule has 0 spiro atoms. The highest BCUT2D eigenvalue weighted by molar-refractivity contribution is 5.62. The van der Waals surface area contributed by atoms with Crippen LogP contribution in [0.2, 0.25) is 0 Å². The summed E-state index contributed by atoms with van der Waals surface area (Å²) in [6, 6.07) is 11.6. The van der Waals surface area contributed by atoms with Gasteiger partial charge in [0.15, 0.2) is 0 Å². The molecule has 0 fully saturated rings. The van der Waals surface area contributed by atoms with Gasteiger partial charge in [-0.2, -0.15) is 0 Å². The lowest BCUT2D eigenvalue weighted by atomic mass is 10.1. The van der Waals surface area contributed by atoms with E-state index < -0.39 is 0 Å². The Morgan fingerprint density at radius 3 is 1.38 bits per heavy atom. The van der Waals surface area contributed by atoms with Gasteiger partial charge in [0.2, 0.25) is 11.8 Å². The van der Waals surface area contributed by atoms with Crippen molar-refractivity contribution in [2.45, 2.75) is 65.2 Å². The molecule has 3 heterocycles. The molecule has 3 aromatic rings. The minimum absolute atomic E-state index is 0.647. The molecular weight excluding hydrogens is 400 g/mol. The van der Waals surface area contributed by atoms with Crippen LogP contribution in [-0.4, -0.2) is 33.4 Å². The number of hydrogen-bond donors (Lipinski definition) is 0. The second-order valence-corrected chi connectivity index (χ2v) is 7.89. The normalized spacial score (nSPS) is 10.8. The van der Waals surface area contributed by atoms with Gasteiger partial charge in [-0.3, -0.25) is 0 Å². The number of nitrogens with zero attached hydrogens (tertiary/aromatic N) is 4. The van der Waals surface area contributed by atoms with Gasteiger partial charge in [0.25, 0.3) is 0 Å². The Balaban J connectivity index is 1.51. The number of unbranched alkanes of at least 4 members (excludes halogenated alkanes) is 6. The maximum Gasteiger partial charge on any atom is 0.213 e. The minimum atomic E-state index is 0.647. The Bertz CT molecular complexity index is 820. The molecule has 170 valence electrons. The average molecular weight is 435 g/mol. The summed E-state index contributed by atoms with van der Waals surface area (Å²) >= 11 is 0. The summed E-state index contributed by atoms with van der Waals surface area (Å²) < 4.78 is 11.4. The van der Waals surface area contributed by atoms with Gasteiger partial charge in [0.1, 0.15) is 0 Å². The van der Waals surface area contributed by atoms with Crippen LogP contribution >= 0.6 is 0 Å². The third-order valence-electron chi connectivity index (χ3n) is 5.22. The molecule has 0 saturated carbocycles. The van der Waals surface area contributed by atoms with Crippen LogP contribution in [0.5, 0.6) is 11.8 Å². The molecule has 6 nitrogen and oxygen atoms in total. The van der Waals surface area contributed by atoms with Crippen molar-refractivity contribution in [2.24, 2.45) is 0 Å². The number of ether oxygens (including phenoxy) is 2. The SMILES string of the molecule is CCCCCCOc1ccc(-c2ccc(-c3ccc(OCCCCCC)nc3)nn2)cn1. The molecule has 0 aliphatic carbocycles. The second-order valence-electron chi connectivity index (χ2n) is 7.89. The van der Waals surface area contributed by atoms with Gasteiger partial charge in [-0.15, -0.1) is 10.2 Å². The third-order valence-corrected chi connectivity index (χ3v) is 5.22.